The van der Waals surface area contributed by atoms with Crippen LogP contribution in [0.25, 0.3) is 11.0 Å². The number of halogens is 2. The second kappa shape index (κ2) is 5.45. The number of hydrogen-bond donors (Lipinski definition) is 3. The van der Waals surface area contributed by atoms with Crippen LogP contribution in [0.5, 0.6) is 0 Å². The topological polar surface area (TPSA) is 90.6 Å². The summed E-state index contributed by atoms with van der Waals surface area (Å²) in [5, 5.41) is 2.78. The van der Waals surface area contributed by atoms with Crippen molar-refractivity contribution in [3.05, 3.63) is 55.6 Å². The molecule has 1 aromatic carbocycles. The third-order valence-corrected chi connectivity index (χ3v) is 3.93. The molecule has 3 rings (SSSR count). The van der Waals surface area contributed by atoms with Gasteiger partial charge in [0.2, 0.25) is 0 Å². The fourth-order valence-electron chi connectivity index (χ4n) is 1.89. The van der Waals surface area contributed by atoms with Crippen LogP contribution >= 0.6 is 31.9 Å². The number of fused-ring (bicyclic) bond motifs is 1. The lowest BCUT2D eigenvalue weighted by Crippen LogP contribution is -2.12. The first-order chi connectivity index (χ1) is 10.0. The van der Waals surface area contributed by atoms with E-state index in [1.54, 1.807) is 30.5 Å². The van der Waals surface area contributed by atoms with E-state index in [9.17, 15) is 9.59 Å². The minimum absolute atomic E-state index is 0.268. The van der Waals surface area contributed by atoms with Crippen LogP contribution in [0.2, 0.25) is 0 Å². The molecule has 21 heavy (non-hydrogen) atoms. The van der Waals surface area contributed by atoms with Gasteiger partial charge in [0.05, 0.1) is 16.7 Å². The van der Waals surface area contributed by atoms with Gasteiger partial charge in [-0.15, -0.1) is 0 Å². The molecule has 0 bridgehead atoms. The number of nitrogens with zero attached hydrogens (tertiary/aromatic N) is 1. The smallest absolute Gasteiger partial charge is 0.321 e. The molecule has 0 aliphatic carbocycles. The Morgan fingerprint density at radius 1 is 1.14 bits per heavy atom. The first-order valence-corrected chi connectivity index (χ1v) is 7.46. The van der Waals surface area contributed by atoms with Crippen molar-refractivity contribution in [3.63, 3.8) is 0 Å². The summed E-state index contributed by atoms with van der Waals surface area (Å²) in [7, 11) is 0. The van der Waals surface area contributed by atoms with Crippen LogP contribution in [-0.2, 0) is 0 Å². The molecule has 0 aliphatic heterocycles. The van der Waals surface area contributed by atoms with Crippen LogP contribution < -0.4 is 11.0 Å². The molecule has 1 amide bonds. The van der Waals surface area contributed by atoms with Crippen molar-refractivity contribution in [1.29, 1.82) is 0 Å². The number of benzene rings is 1. The minimum atomic E-state index is -0.293. The van der Waals surface area contributed by atoms with Crippen LogP contribution in [0, 0.1) is 0 Å². The van der Waals surface area contributed by atoms with Crippen molar-refractivity contribution in [2.75, 3.05) is 5.32 Å². The molecule has 0 radical (unpaired) electrons. The zero-order valence-corrected chi connectivity index (χ0v) is 13.6. The first kappa shape index (κ1) is 14.0. The number of nitrogens with one attached hydrogen (secondary N) is 3. The molecule has 106 valence electrons. The van der Waals surface area contributed by atoms with E-state index < -0.39 is 0 Å². The summed E-state index contributed by atoms with van der Waals surface area (Å²) >= 11 is 6.59. The molecular formula is C13H8Br2N4O2. The van der Waals surface area contributed by atoms with E-state index in [2.05, 4.69) is 52.1 Å². The zero-order chi connectivity index (χ0) is 15.0. The quantitative estimate of drug-likeness (QED) is 0.566. The summed E-state index contributed by atoms with van der Waals surface area (Å²) in [6, 6.07) is 6.65. The number of carbonyl (C=O) groups excluding carboxylic acids is 1. The Morgan fingerprint density at radius 2 is 1.86 bits per heavy atom. The van der Waals surface area contributed by atoms with E-state index in [0.29, 0.717) is 31.4 Å². The molecule has 0 aliphatic rings. The highest BCUT2D eigenvalue weighted by molar-refractivity contribution is 9.10. The molecule has 0 fully saturated rings. The number of aromatic amines is 2. The molecule has 0 saturated heterocycles. The van der Waals surface area contributed by atoms with E-state index in [1.807, 2.05) is 0 Å². The number of aromatic nitrogens is 3. The maximum atomic E-state index is 12.2. The SMILES string of the molecule is O=C(Nc1cc2[nH]c(=O)[nH]c2cc1Br)c1ccnc(Br)c1. The Bertz CT molecular complexity index is 901. The van der Waals surface area contributed by atoms with Gasteiger partial charge in [-0.25, -0.2) is 9.78 Å². The third kappa shape index (κ3) is 2.91. The number of imidazole rings is 1. The molecule has 2 heterocycles. The summed E-state index contributed by atoms with van der Waals surface area (Å²) < 4.78 is 1.26. The molecule has 2 aromatic heterocycles. The molecule has 0 saturated carbocycles. The lowest BCUT2D eigenvalue weighted by Gasteiger charge is -2.07. The van der Waals surface area contributed by atoms with Gasteiger partial charge < -0.3 is 15.3 Å². The second-order valence-corrected chi connectivity index (χ2v) is 5.94. The van der Waals surface area contributed by atoms with E-state index >= 15 is 0 Å². The predicted molar refractivity (Wildman–Crippen MR) is 86.5 cm³/mol. The van der Waals surface area contributed by atoms with Crippen LogP contribution in [-0.4, -0.2) is 20.9 Å². The number of H-pyrrole nitrogens is 2. The van der Waals surface area contributed by atoms with Crippen molar-refractivity contribution >= 4 is 54.5 Å². The molecule has 8 heteroatoms. The van der Waals surface area contributed by atoms with Crippen molar-refractivity contribution in [2.24, 2.45) is 0 Å². The highest BCUT2D eigenvalue weighted by Gasteiger charge is 2.11. The third-order valence-electron chi connectivity index (χ3n) is 2.84. The normalized spacial score (nSPS) is 10.8. The summed E-state index contributed by atoms with van der Waals surface area (Å²) in [5.74, 6) is -0.268. The van der Waals surface area contributed by atoms with Crippen molar-refractivity contribution in [3.8, 4) is 0 Å². The van der Waals surface area contributed by atoms with Crippen molar-refractivity contribution in [1.82, 2.24) is 15.0 Å². The van der Waals surface area contributed by atoms with Gasteiger partial charge >= 0.3 is 5.69 Å². The number of hydrogen-bond acceptors (Lipinski definition) is 3. The summed E-state index contributed by atoms with van der Waals surface area (Å²) in [5.41, 5.74) is 2.03. The van der Waals surface area contributed by atoms with E-state index in [0.717, 1.165) is 0 Å². The Kier molecular flexibility index (Phi) is 3.64. The van der Waals surface area contributed by atoms with Crippen LogP contribution in [0.1, 0.15) is 10.4 Å². The van der Waals surface area contributed by atoms with Gasteiger partial charge in [0.1, 0.15) is 4.60 Å². The standard InChI is InChI=1S/C13H8Br2N4O2/c14-7-4-9-10(19-13(21)18-9)5-8(7)17-12(20)6-1-2-16-11(15)3-6/h1-5H,(H,17,20)(H2,18,19,21). The second-order valence-electron chi connectivity index (χ2n) is 4.28. The van der Waals surface area contributed by atoms with Gasteiger partial charge in [-0.1, -0.05) is 0 Å². The largest absolute Gasteiger partial charge is 0.323 e. The van der Waals surface area contributed by atoms with Gasteiger partial charge in [0, 0.05) is 16.2 Å². The molecule has 0 unspecified atom stereocenters. The molecule has 0 atom stereocenters. The van der Waals surface area contributed by atoms with E-state index in [4.69, 9.17) is 0 Å². The van der Waals surface area contributed by atoms with Crippen LogP contribution in [0.15, 0.2) is 44.3 Å². The van der Waals surface area contributed by atoms with Gasteiger partial charge in [0.15, 0.2) is 0 Å². The summed E-state index contributed by atoms with van der Waals surface area (Å²) in [4.78, 5) is 32.7. The molecular weight excluding hydrogens is 404 g/mol. The molecule has 0 spiro atoms. The average molecular weight is 412 g/mol. The van der Waals surface area contributed by atoms with Crippen LogP contribution in [0.3, 0.4) is 0 Å². The monoisotopic (exact) mass is 410 g/mol. The number of carbonyl (C=O) groups is 1. The minimum Gasteiger partial charge on any atom is -0.321 e. The predicted octanol–water partition coefficient (Wildman–Crippen LogP) is 3.03. The maximum Gasteiger partial charge on any atom is 0.323 e. The number of anilines is 1. The average Bonchev–Trinajstić information content (AvgIpc) is 2.78. The first-order valence-electron chi connectivity index (χ1n) is 5.87. The van der Waals surface area contributed by atoms with Crippen LogP contribution in [0.4, 0.5) is 5.69 Å². The van der Waals surface area contributed by atoms with E-state index in [1.165, 1.54) is 0 Å². The molecule has 3 N–H and O–H groups in total. The van der Waals surface area contributed by atoms with Gasteiger partial charge in [-0.3, -0.25) is 4.79 Å². The highest BCUT2D eigenvalue weighted by atomic mass is 79.9. The zero-order valence-electron chi connectivity index (χ0n) is 10.4. The van der Waals surface area contributed by atoms with Crippen molar-refractivity contribution < 1.29 is 4.79 Å². The van der Waals surface area contributed by atoms with Crippen molar-refractivity contribution in [2.45, 2.75) is 0 Å². The Morgan fingerprint density at radius 3 is 2.57 bits per heavy atom. The number of pyridine rings is 1. The maximum absolute atomic E-state index is 12.2. The highest BCUT2D eigenvalue weighted by Crippen LogP contribution is 2.27. The molecule has 3 aromatic rings. The Labute approximate surface area is 135 Å². The van der Waals surface area contributed by atoms with Gasteiger partial charge in [-0.05, 0) is 56.1 Å². The Balaban J connectivity index is 1.95. The number of amides is 1. The lowest BCUT2D eigenvalue weighted by molar-refractivity contribution is 0.102. The summed E-state index contributed by atoms with van der Waals surface area (Å²) in [6.45, 7) is 0. The van der Waals surface area contributed by atoms with Gasteiger partial charge in [0.25, 0.3) is 5.91 Å². The Hall–Kier alpha value is -1.93. The summed E-state index contributed by atoms with van der Waals surface area (Å²) in [6.07, 6.45) is 1.54. The van der Waals surface area contributed by atoms with E-state index in [-0.39, 0.29) is 11.6 Å². The van der Waals surface area contributed by atoms with Gasteiger partial charge in [-0.2, -0.15) is 0 Å². The lowest BCUT2D eigenvalue weighted by atomic mass is 10.2. The number of rotatable bonds is 2. The molecule has 6 nitrogen and oxygen atoms in total. The fourth-order valence-corrected chi connectivity index (χ4v) is 2.70. The fraction of sp³-hybridized carbons (Fsp3) is 0.